The van der Waals surface area contributed by atoms with E-state index in [0.29, 0.717) is 45.7 Å². The first-order chi connectivity index (χ1) is 10.7. The van der Waals surface area contributed by atoms with Crippen LogP contribution in [0.5, 0.6) is 0 Å². The van der Waals surface area contributed by atoms with Gasteiger partial charge in [0.2, 0.25) is 11.8 Å². The summed E-state index contributed by atoms with van der Waals surface area (Å²) in [5.41, 5.74) is 1.12. The van der Waals surface area contributed by atoms with Gasteiger partial charge in [-0.1, -0.05) is 30.3 Å². The third kappa shape index (κ3) is 4.84. The summed E-state index contributed by atoms with van der Waals surface area (Å²) in [6, 6.07) is 9.95. The number of carbonyl (C=O) groups is 2. The van der Waals surface area contributed by atoms with Crippen molar-refractivity contribution in [2.24, 2.45) is 5.92 Å². The van der Waals surface area contributed by atoms with Gasteiger partial charge in [-0.15, -0.1) is 0 Å². The molecule has 1 aliphatic rings. The first-order valence-electron chi connectivity index (χ1n) is 7.88. The Balaban J connectivity index is 1.62. The van der Waals surface area contributed by atoms with Gasteiger partial charge in [0.25, 0.3) is 0 Å². The van der Waals surface area contributed by atoms with E-state index in [0.717, 1.165) is 5.56 Å². The van der Waals surface area contributed by atoms with E-state index in [1.807, 2.05) is 37.3 Å². The summed E-state index contributed by atoms with van der Waals surface area (Å²) in [4.78, 5) is 25.4. The van der Waals surface area contributed by atoms with Crippen molar-refractivity contribution in [1.29, 1.82) is 0 Å². The summed E-state index contributed by atoms with van der Waals surface area (Å²) in [7, 11) is 0. The molecule has 1 N–H and O–H groups in total. The molecule has 0 spiro atoms. The van der Waals surface area contributed by atoms with Gasteiger partial charge in [-0.05, 0) is 18.9 Å². The molecular formula is C17H24N2O3. The molecule has 0 unspecified atom stereocenters. The number of nitrogens with zero attached hydrogens (tertiary/aromatic N) is 1. The van der Waals surface area contributed by atoms with E-state index in [-0.39, 0.29) is 17.7 Å². The maximum atomic E-state index is 12.1. The SMILES string of the molecule is CCN1C[C@@H](C(=O)NCCOCc2ccccc2)CCC1=O. The van der Waals surface area contributed by atoms with Crippen molar-refractivity contribution in [1.82, 2.24) is 10.2 Å². The van der Waals surface area contributed by atoms with E-state index in [2.05, 4.69) is 5.32 Å². The molecule has 1 atom stereocenters. The molecule has 0 radical (unpaired) electrons. The Morgan fingerprint density at radius 3 is 2.86 bits per heavy atom. The maximum Gasteiger partial charge on any atom is 0.224 e. The lowest BCUT2D eigenvalue weighted by molar-refractivity contribution is -0.138. The van der Waals surface area contributed by atoms with Crippen LogP contribution >= 0.6 is 0 Å². The highest BCUT2D eigenvalue weighted by Gasteiger charge is 2.28. The number of likely N-dealkylation sites (tertiary alicyclic amines) is 1. The van der Waals surface area contributed by atoms with Crippen molar-refractivity contribution in [2.45, 2.75) is 26.4 Å². The normalized spacial score (nSPS) is 18.3. The molecule has 1 saturated heterocycles. The number of ether oxygens (including phenoxy) is 1. The van der Waals surface area contributed by atoms with Crippen molar-refractivity contribution in [3.05, 3.63) is 35.9 Å². The van der Waals surface area contributed by atoms with Crippen LogP contribution in [0.3, 0.4) is 0 Å². The molecule has 120 valence electrons. The van der Waals surface area contributed by atoms with Crippen LogP contribution in [0.1, 0.15) is 25.3 Å². The number of piperidine rings is 1. The van der Waals surface area contributed by atoms with Gasteiger partial charge in [0, 0.05) is 26.1 Å². The number of benzene rings is 1. The predicted molar refractivity (Wildman–Crippen MR) is 84.1 cm³/mol. The third-order valence-corrected chi connectivity index (χ3v) is 3.91. The molecule has 0 aliphatic carbocycles. The highest BCUT2D eigenvalue weighted by atomic mass is 16.5. The van der Waals surface area contributed by atoms with Crippen LogP contribution in [-0.2, 0) is 20.9 Å². The molecule has 1 fully saturated rings. The number of rotatable bonds is 7. The summed E-state index contributed by atoms with van der Waals surface area (Å²) >= 11 is 0. The Morgan fingerprint density at radius 1 is 1.36 bits per heavy atom. The largest absolute Gasteiger partial charge is 0.375 e. The molecule has 0 bridgehead atoms. The number of nitrogens with one attached hydrogen (secondary N) is 1. The van der Waals surface area contributed by atoms with Crippen LogP contribution < -0.4 is 5.32 Å². The zero-order valence-electron chi connectivity index (χ0n) is 13.1. The molecule has 2 rings (SSSR count). The quantitative estimate of drug-likeness (QED) is 0.778. The highest BCUT2D eigenvalue weighted by Crippen LogP contribution is 2.17. The number of amides is 2. The summed E-state index contributed by atoms with van der Waals surface area (Å²) < 4.78 is 5.54. The minimum Gasteiger partial charge on any atom is -0.375 e. The average molecular weight is 304 g/mol. The number of hydrogen-bond donors (Lipinski definition) is 1. The lowest BCUT2D eigenvalue weighted by Crippen LogP contribution is -2.46. The van der Waals surface area contributed by atoms with Gasteiger partial charge in [0.15, 0.2) is 0 Å². The lowest BCUT2D eigenvalue weighted by Gasteiger charge is -2.31. The molecule has 1 aromatic rings. The van der Waals surface area contributed by atoms with Crippen LogP contribution in [-0.4, -0.2) is 43.0 Å². The first kappa shape index (κ1) is 16.5. The zero-order valence-corrected chi connectivity index (χ0v) is 13.1. The van der Waals surface area contributed by atoms with Crippen molar-refractivity contribution in [3.63, 3.8) is 0 Å². The van der Waals surface area contributed by atoms with Crippen LogP contribution in [0.25, 0.3) is 0 Å². The molecule has 1 aliphatic heterocycles. The van der Waals surface area contributed by atoms with Crippen molar-refractivity contribution >= 4 is 11.8 Å². The van der Waals surface area contributed by atoms with E-state index in [1.165, 1.54) is 0 Å². The van der Waals surface area contributed by atoms with E-state index in [4.69, 9.17) is 4.74 Å². The van der Waals surface area contributed by atoms with E-state index in [1.54, 1.807) is 4.90 Å². The molecule has 1 heterocycles. The highest BCUT2D eigenvalue weighted by molar-refractivity contribution is 5.83. The third-order valence-electron chi connectivity index (χ3n) is 3.91. The fraction of sp³-hybridized carbons (Fsp3) is 0.529. The molecule has 5 heteroatoms. The summed E-state index contributed by atoms with van der Waals surface area (Å²) in [6.45, 7) is 4.69. The topological polar surface area (TPSA) is 58.6 Å². The molecule has 5 nitrogen and oxygen atoms in total. The van der Waals surface area contributed by atoms with Crippen LogP contribution in [0.15, 0.2) is 30.3 Å². The second kappa shape index (κ2) is 8.54. The summed E-state index contributed by atoms with van der Waals surface area (Å²) in [5, 5.41) is 2.90. The number of carbonyl (C=O) groups excluding carboxylic acids is 2. The molecular weight excluding hydrogens is 280 g/mol. The van der Waals surface area contributed by atoms with E-state index in [9.17, 15) is 9.59 Å². The van der Waals surface area contributed by atoms with Crippen LogP contribution in [0.2, 0.25) is 0 Å². The van der Waals surface area contributed by atoms with Gasteiger partial charge >= 0.3 is 0 Å². The minimum absolute atomic E-state index is 0.0225. The Morgan fingerprint density at radius 2 is 2.14 bits per heavy atom. The first-order valence-corrected chi connectivity index (χ1v) is 7.88. The number of hydrogen-bond acceptors (Lipinski definition) is 3. The van der Waals surface area contributed by atoms with Crippen molar-refractivity contribution in [2.75, 3.05) is 26.2 Å². The van der Waals surface area contributed by atoms with Gasteiger partial charge in [0.05, 0.1) is 19.1 Å². The monoisotopic (exact) mass is 304 g/mol. The molecule has 22 heavy (non-hydrogen) atoms. The lowest BCUT2D eigenvalue weighted by atomic mass is 9.96. The van der Waals surface area contributed by atoms with Gasteiger partial charge in [-0.2, -0.15) is 0 Å². The van der Waals surface area contributed by atoms with Crippen molar-refractivity contribution < 1.29 is 14.3 Å². The Hall–Kier alpha value is -1.88. The van der Waals surface area contributed by atoms with Gasteiger partial charge in [0.1, 0.15) is 0 Å². The van der Waals surface area contributed by atoms with E-state index < -0.39 is 0 Å². The van der Waals surface area contributed by atoms with Crippen molar-refractivity contribution in [3.8, 4) is 0 Å². The molecule has 1 aromatic carbocycles. The Kier molecular flexibility index (Phi) is 6.40. The second-order valence-electron chi connectivity index (χ2n) is 5.50. The van der Waals surface area contributed by atoms with E-state index >= 15 is 0 Å². The summed E-state index contributed by atoms with van der Waals surface area (Å²) in [6.07, 6.45) is 1.11. The van der Waals surface area contributed by atoms with Gasteiger partial charge in [-0.3, -0.25) is 9.59 Å². The molecule has 0 aromatic heterocycles. The smallest absolute Gasteiger partial charge is 0.224 e. The Labute approximate surface area is 131 Å². The van der Waals surface area contributed by atoms with Crippen LogP contribution in [0.4, 0.5) is 0 Å². The fourth-order valence-electron chi connectivity index (χ4n) is 2.59. The second-order valence-corrected chi connectivity index (χ2v) is 5.50. The van der Waals surface area contributed by atoms with Gasteiger partial charge < -0.3 is 15.0 Å². The maximum absolute atomic E-state index is 12.1. The van der Waals surface area contributed by atoms with Gasteiger partial charge in [-0.25, -0.2) is 0 Å². The predicted octanol–water partition coefficient (Wildman–Crippen LogP) is 1.58. The minimum atomic E-state index is -0.0910. The standard InChI is InChI=1S/C17H24N2O3/c1-2-19-12-15(8-9-16(19)20)17(21)18-10-11-22-13-14-6-4-3-5-7-14/h3-7,15H,2,8-13H2,1H3,(H,18,21)/t15-/m0/s1. The molecule has 2 amide bonds. The van der Waals surface area contributed by atoms with Crippen LogP contribution in [0, 0.1) is 5.92 Å². The molecule has 0 saturated carbocycles. The average Bonchev–Trinajstić information content (AvgIpc) is 2.55. The summed E-state index contributed by atoms with van der Waals surface area (Å²) in [5.74, 6) is 0.0822. The fourth-order valence-corrected chi connectivity index (χ4v) is 2.59. The zero-order chi connectivity index (χ0) is 15.8. The Bertz CT molecular complexity index is 490.